The Balaban J connectivity index is 2.55. The van der Waals surface area contributed by atoms with Gasteiger partial charge in [0.05, 0.1) is 7.11 Å². The zero-order valence-corrected chi connectivity index (χ0v) is 12.2. The number of hydrogen-bond donors (Lipinski definition) is 0. The highest BCUT2D eigenvalue weighted by molar-refractivity contribution is 9.09. The standard InChI is InChI=1S/C12H14BrClF2O2/c1-17-11-3-2-8(14)6-9(11)10(13)4-5-18-7-12(15)16/h2-3,6,10,12H,4-5,7H2,1H3. The molecule has 1 unspecified atom stereocenters. The van der Waals surface area contributed by atoms with Gasteiger partial charge in [0.1, 0.15) is 12.4 Å². The molecule has 0 amide bonds. The Labute approximate surface area is 118 Å². The summed E-state index contributed by atoms with van der Waals surface area (Å²) in [7, 11) is 1.57. The number of rotatable bonds is 7. The van der Waals surface area contributed by atoms with Crippen molar-refractivity contribution in [2.24, 2.45) is 0 Å². The van der Waals surface area contributed by atoms with Crippen molar-refractivity contribution >= 4 is 27.5 Å². The van der Waals surface area contributed by atoms with E-state index in [1.54, 1.807) is 25.3 Å². The van der Waals surface area contributed by atoms with E-state index in [0.29, 0.717) is 17.2 Å². The number of methoxy groups -OCH3 is 1. The molecule has 6 heteroatoms. The summed E-state index contributed by atoms with van der Waals surface area (Å²) in [6, 6.07) is 5.29. The molecule has 0 saturated heterocycles. The highest BCUT2D eigenvalue weighted by atomic mass is 79.9. The summed E-state index contributed by atoms with van der Waals surface area (Å²) in [5, 5.41) is 0.601. The summed E-state index contributed by atoms with van der Waals surface area (Å²) in [5.41, 5.74) is 0.880. The summed E-state index contributed by atoms with van der Waals surface area (Å²) >= 11 is 9.39. The van der Waals surface area contributed by atoms with Crippen LogP contribution in [0, 0.1) is 0 Å². The summed E-state index contributed by atoms with van der Waals surface area (Å²) in [6.07, 6.45) is -1.87. The second-order valence-electron chi connectivity index (χ2n) is 3.61. The molecule has 1 atom stereocenters. The Morgan fingerprint density at radius 2 is 2.11 bits per heavy atom. The maximum Gasteiger partial charge on any atom is 0.261 e. The Bertz CT molecular complexity index is 377. The van der Waals surface area contributed by atoms with Crippen LogP contribution in [-0.4, -0.2) is 26.7 Å². The van der Waals surface area contributed by atoms with E-state index in [-0.39, 0.29) is 11.4 Å². The zero-order valence-electron chi connectivity index (χ0n) is 9.84. The monoisotopic (exact) mass is 342 g/mol. The lowest BCUT2D eigenvalue weighted by Gasteiger charge is -2.14. The van der Waals surface area contributed by atoms with Crippen molar-refractivity contribution in [2.45, 2.75) is 17.7 Å². The van der Waals surface area contributed by atoms with E-state index in [4.69, 9.17) is 21.1 Å². The van der Waals surface area contributed by atoms with Gasteiger partial charge >= 0.3 is 0 Å². The lowest BCUT2D eigenvalue weighted by Crippen LogP contribution is -2.07. The second-order valence-corrected chi connectivity index (χ2v) is 5.15. The van der Waals surface area contributed by atoms with Crippen LogP contribution >= 0.6 is 27.5 Å². The van der Waals surface area contributed by atoms with Crippen LogP contribution in [0.1, 0.15) is 16.8 Å². The molecule has 1 aromatic carbocycles. The minimum absolute atomic E-state index is 0.0520. The van der Waals surface area contributed by atoms with Gasteiger partial charge in [-0.05, 0) is 24.6 Å². The van der Waals surface area contributed by atoms with Gasteiger partial charge in [0.25, 0.3) is 6.43 Å². The topological polar surface area (TPSA) is 18.5 Å². The van der Waals surface area contributed by atoms with Gasteiger partial charge in [-0.15, -0.1) is 0 Å². The van der Waals surface area contributed by atoms with Gasteiger partial charge in [-0.3, -0.25) is 0 Å². The van der Waals surface area contributed by atoms with Gasteiger partial charge < -0.3 is 9.47 Å². The third-order valence-corrected chi connectivity index (χ3v) is 3.47. The lowest BCUT2D eigenvalue weighted by atomic mass is 10.1. The predicted octanol–water partition coefficient (Wildman–Crippen LogP) is 4.46. The fourth-order valence-electron chi connectivity index (χ4n) is 1.46. The second kappa shape index (κ2) is 7.92. The minimum atomic E-state index is -2.43. The molecule has 0 aliphatic heterocycles. The average Bonchev–Trinajstić information content (AvgIpc) is 2.34. The van der Waals surface area contributed by atoms with Crippen molar-refractivity contribution in [1.82, 2.24) is 0 Å². The molecular formula is C12H14BrClF2O2. The summed E-state index contributed by atoms with van der Waals surface area (Å²) < 4.78 is 33.8. The SMILES string of the molecule is COc1ccc(Cl)cc1C(Br)CCOCC(F)F. The van der Waals surface area contributed by atoms with Crippen LogP contribution in [0.15, 0.2) is 18.2 Å². The van der Waals surface area contributed by atoms with E-state index in [9.17, 15) is 8.78 Å². The molecule has 0 N–H and O–H groups in total. The Kier molecular flexibility index (Phi) is 6.89. The smallest absolute Gasteiger partial charge is 0.261 e. The fraction of sp³-hybridized carbons (Fsp3) is 0.500. The molecule has 1 rings (SSSR count). The average molecular weight is 344 g/mol. The van der Waals surface area contributed by atoms with Gasteiger partial charge in [-0.2, -0.15) is 0 Å². The first-order valence-corrected chi connectivity index (χ1v) is 6.67. The first kappa shape index (κ1) is 15.7. The minimum Gasteiger partial charge on any atom is -0.496 e. The van der Waals surface area contributed by atoms with Crippen molar-refractivity contribution in [3.8, 4) is 5.75 Å². The van der Waals surface area contributed by atoms with Crippen molar-refractivity contribution in [1.29, 1.82) is 0 Å². The maximum atomic E-state index is 11.9. The van der Waals surface area contributed by atoms with Crippen molar-refractivity contribution < 1.29 is 18.3 Å². The zero-order chi connectivity index (χ0) is 13.5. The van der Waals surface area contributed by atoms with E-state index in [2.05, 4.69) is 15.9 Å². The van der Waals surface area contributed by atoms with Gasteiger partial charge in [-0.25, -0.2) is 8.78 Å². The van der Waals surface area contributed by atoms with Crippen LogP contribution in [0.5, 0.6) is 5.75 Å². The number of hydrogen-bond acceptors (Lipinski definition) is 2. The van der Waals surface area contributed by atoms with Gasteiger partial charge in [-0.1, -0.05) is 27.5 Å². The highest BCUT2D eigenvalue weighted by Crippen LogP contribution is 2.35. The predicted molar refractivity (Wildman–Crippen MR) is 71.1 cm³/mol. The lowest BCUT2D eigenvalue weighted by molar-refractivity contribution is 0.0167. The van der Waals surface area contributed by atoms with E-state index < -0.39 is 13.0 Å². The first-order chi connectivity index (χ1) is 8.54. The molecule has 18 heavy (non-hydrogen) atoms. The molecule has 0 aliphatic rings. The Morgan fingerprint density at radius 3 is 2.72 bits per heavy atom. The molecule has 1 aromatic rings. The molecular weight excluding hydrogens is 329 g/mol. The van der Waals surface area contributed by atoms with E-state index >= 15 is 0 Å². The summed E-state index contributed by atoms with van der Waals surface area (Å²) in [6.45, 7) is -0.289. The molecule has 2 nitrogen and oxygen atoms in total. The fourth-order valence-corrected chi connectivity index (χ4v) is 2.19. The Morgan fingerprint density at radius 1 is 1.39 bits per heavy atom. The van der Waals surface area contributed by atoms with E-state index in [0.717, 1.165) is 5.56 Å². The van der Waals surface area contributed by atoms with Crippen LogP contribution in [0.25, 0.3) is 0 Å². The van der Waals surface area contributed by atoms with Crippen LogP contribution in [0.4, 0.5) is 8.78 Å². The number of benzene rings is 1. The van der Waals surface area contributed by atoms with Gasteiger partial charge in [0, 0.05) is 22.0 Å². The Hall–Kier alpha value is -0.390. The van der Waals surface area contributed by atoms with Crippen LogP contribution < -0.4 is 4.74 Å². The number of alkyl halides is 3. The molecule has 0 heterocycles. The van der Waals surface area contributed by atoms with Crippen LogP contribution in [-0.2, 0) is 4.74 Å². The third-order valence-electron chi connectivity index (χ3n) is 2.29. The van der Waals surface area contributed by atoms with Gasteiger partial charge in [0.15, 0.2) is 0 Å². The van der Waals surface area contributed by atoms with Crippen molar-refractivity contribution in [2.75, 3.05) is 20.3 Å². The molecule has 0 spiro atoms. The van der Waals surface area contributed by atoms with Crippen LogP contribution in [0.2, 0.25) is 5.02 Å². The summed E-state index contributed by atoms with van der Waals surface area (Å²) in [4.78, 5) is -0.0520. The van der Waals surface area contributed by atoms with E-state index in [1.807, 2.05) is 0 Å². The largest absolute Gasteiger partial charge is 0.496 e. The van der Waals surface area contributed by atoms with Crippen molar-refractivity contribution in [3.05, 3.63) is 28.8 Å². The molecule has 0 aliphatic carbocycles. The third kappa shape index (κ3) is 5.08. The van der Waals surface area contributed by atoms with Gasteiger partial charge in [0.2, 0.25) is 0 Å². The first-order valence-electron chi connectivity index (χ1n) is 5.38. The number of halogens is 4. The molecule has 0 fully saturated rings. The van der Waals surface area contributed by atoms with Crippen molar-refractivity contribution in [3.63, 3.8) is 0 Å². The molecule has 0 radical (unpaired) electrons. The molecule has 102 valence electrons. The molecule has 0 bridgehead atoms. The maximum absolute atomic E-state index is 11.9. The van der Waals surface area contributed by atoms with Crippen LogP contribution in [0.3, 0.4) is 0 Å². The number of ether oxygens (including phenoxy) is 2. The van der Waals surface area contributed by atoms with E-state index in [1.165, 1.54) is 0 Å². The molecule has 0 aromatic heterocycles. The summed E-state index contributed by atoms with van der Waals surface area (Å²) in [5.74, 6) is 0.704. The molecule has 0 saturated carbocycles. The quantitative estimate of drug-likeness (QED) is 0.538. The highest BCUT2D eigenvalue weighted by Gasteiger charge is 2.14. The normalized spacial score (nSPS) is 12.8.